The van der Waals surface area contributed by atoms with Crippen molar-refractivity contribution in [2.75, 3.05) is 12.4 Å². The quantitative estimate of drug-likeness (QED) is 0.137. The van der Waals surface area contributed by atoms with Crippen LogP contribution in [-0.4, -0.2) is 76.3 Å². The summed E-state index contributed by atoms with van der Waals surface area (Å²) < 4.78 is 0. The fourth-order valence-electron chi connectivity index (χ4n) is 2.23. The molecule has 0 spiro atoms. The molecule has 166 valence electrons. The normalized spacial score (nSPS) is 15.0. The molecule has 4 unspecified atom stereocenters. The molecule has 9 N–H and O–H groups in total. The number of hydrogen-bond donors (Lipinski definition) is 8. The number of aliphatic carboxylic acids is 1. The number of amides is 4. The van der Waals surface area contributed by atoms with E-state index in [4.69, 9.17) is 16.6 Å². The molecule has 0 rings (SSSR count). The second kappa shape index (κ2) is 13.0. The maximum atomic E-state index is 12.3. The monoisotopic (exact) mass is 435 g/mol. The van der Waals surface area contributed by atoms with Crippen LogP contribution in [0.15, 0.2) is 0 Å². The van der Waals surface area contributed by atoms with E-state index in [1.54, 1.807) is 0 Å². The largest absolute Gasteiger partial charge is 0.480 e. The lowest BCUT2D eigenvalue weighted by molar-refractivity contribution is -0.144. The first kappa shape index (κ1) is 26.6. The van der Waals surface area contributed by atoms with Crippen molar-refractivity contribution < 1.29 is 34.2 Å². The van der Waals surface area contributed by atoms with Gasteiger partial charge in [-0.05, 0) is 12.3 Å². The zero-order valence-electron chi connectivity index (χ0n) is 16.3. The number of rotatable bonds is 13. The summed E-state index contributed by atoms with van der Waals surface area (Å²) in [5.74, 6) is -4.89. The van der Waals surface area contributed by atoms with Gasteiger partial charge in [0.25, 0.3) is 0 Å². The first-order chi connectivity index (χ1) is 13.4. The van der Waals surface area contributed by atoms with Crippen molar-refractivity contribution in [2.24, 2.45) is 17.4 Å². The second-order valence-electron chi connectivity index (χ2n) is 6.79. The molecule has 0 radical (unpaired) electrons. The van der Waals surface area contributed by atoms with Gasteiger partial charge in [-0.15, -0.1) is 0 Å². The van der Waals surface area contributed by atoms with E-state index in [2.05, 4.69) is 23.3 Å². The van der Waals surface area contributed by atoms with E-state index in [1.165, 1.54) is 0 Å². The van der Waals surface area contributed by atoms with Gasteiger partial charge in [0.15, 0.2) is 0 Å². The van der Waals surface area contributed by atoms with E-state index in [9.17, 15) is 29.1 Å². The Hall–Kier alpha value is -2.38. The van der Waals surface area contributed by atoms with Gasteiger partial charge >= 0.3 is 5.97 Å². The van der Waals surface area contributed by atoms with Crippen molar-refractivity contribution in [3.63, 3.8) is 0 Å². The number of carbonyl (C=O) groups excluding carboxylic acids is 4. The Morgan fingerprint density at radius 3 is 1.83 bits per heavy atom. The molecular formula is C16H29N5O7S. The highest BCUT2D eigenvalue weighted by Gasteiger charge is 2.30. The number of carbonyl (C=O) groups is 5. The number of nitrogens with two attached hydrogens (primary N) is 2. The Morgan fingerprint density at radius 2 is 1.41 bits per heavy atom. The molecule has 0 bridgehead atoms. The fraction of sp³-hybridized carbons (Fsp3) is 0.688. The van der Waals surface area contributed by atoms with E-state index < -0.39 is 66.8 Å². The average molecular weight is 436 g/mol. The van der Waals surface area contributed by atoms with E-state index in [-0.39, 0.29) is 11.7 Å². The van der Waals surface area contributed by atoms with Crippen molar-refractivity contribution in [3.8, 4) is 0 Å². The minimum atomic E-state index is -1.62. The first-order valence-electron chi connectivity index (χ1n) is 8.82. The fourth-order valence-corrected chi connectivity index (χ4v) is 2.48. The predicted molar refractivity (Wildman–Crippen MR) is 106 cm³/mol. The van der Waals surface area contributed by atoms with Crippen LogP contribution in [-0.2, 0) is 24.0 Å². The molecule has 0 saturated carbocycles. The van der Waals surface area contributed by atoms with E-state index in [0.717, 1.165) is 0 Å². The lowest BCUT2D eigenvalue weighted by atomic mass is 10.0. The van der Waals surface area contributed by atoms with Crippen LogP contribution in [0.5, 0.6) is 0 Å². The Bertz CT molecular complexity index is 616. The second-order valence-corrected chi connectivity index (χ2v) is 7.16. The van der Waals surface area contributed by atoms with Crippen LogP contribution >= 0.6 is 12.6 Å². The molecule has 0 heterocycles. The lowest BCUT2D eigenvalue weighted by Crippen LogP contribution is -2.58. The smallest absolute Gasteiger partial charge is 0.326 e. The summed E-state index contributed by atoms with van der Waals surface area (Å²) >= 11 is 3.98. The lowest BCUT2D eigenvalue weighted by Gasteiger charge is -2.23. The van der Waals surface area contributed by atoms with Gasteiger partial charge in [-0.2, -0.15) is 12.6 Å². The zero-order valence-corrected chi connectivity index (χ0v) is 17.1. The van der Waals surface area contributed by atoms with Crippen LogP contribution < -0.4 is 27.4 Å². The highest BCUT2D eigenvalue weighted by atomic mass is 32.1. The molecular weight excluding hydrogens is 406 g/mol. The van der Waals surface area contributed by atoms with Gasteiger partial charge in [-0.3, -0.25) is 19.2 Å². The molecule has 0 aliphatic rings. The molecule has 0 aromatic carbocycles. The van der Waals surface area contributed by atoms with Crippen LogP contribution in [0.3, 0.4) is 0 Å². The maximum Gasteiger partial charge on any atom is 0.326 e. The van der Waals surface area contributed by atoms with Crippen LogP contribution in [0.1, 0.15) is 26.7 Å². The molecule has 0 aromatic heterocycles. The van der Waals surface area contributed by atoms with Crippen molar-refractivity contribution in [1.82, 2.24) is 16.0 Å². The Kier molecular flexibility index (Phi) is 11.9. The summed E-state index contributed by atoms with van der Waals surface area (Å²) in [6, 6.07) is -5.14. The van der Waals surface area contributed by atoms with Gasteiger partial charge in [-0.25, -0.2) is 4.79 Å². The van der Waals surface area contributed by atoms with Crippen LogP contribution in [0, 0.1) is 5.92 Å². The SMILES string of the molecule is CC(C)CC(N)C(=O)NC(CS)C(=O)NC(CO)C(=O)NC(CC(N)=O)C(=O)O. The molecule has 0 aliphatic heterocycles. The number of carboxylic acid groups (broad SMARTS) is 1. The molecule has 0 aliphatic carbocycles. The molecule has 0 saturated heterocycles. The summed E-state index contributed by atoms with van der Waals surface area (Å²) in [6.07, 6.45) is -0.277. The van der Waals surface area contributed by atoms with Crippen LogP contribution in [0.2, 0.25) is 0 Å². The summed E-state index contributed by atoms with van der Waals surface area (Å²) in [5.41, 5.74) is 10.7. The molecule has 4 amide bonds. The van der Waals surface area contributed by atoms with Crippen molar-refractivity contribution >= 4 is 42.2 Å². The minimum Gasteiger partial charge on any atom is -0.480 e. The van der Waals surface area contributed by atoms with Crippen molar-refractivity contribution in [2.45, 2.75) is 50.9 Å². The first-order valence-corrected chi connectivity index (χ1v) is 9.45. The number of hydrogen-bond acceptors (Lipinski definition) is 8. The van der Waals surface area contributed by atoms with E-state index in [0.29, 0.717) is 6.42 Å². The van der Waals surface area contributed by atoms with Crippen molar-refractivity contribution in [3.05, 3.63) is 0 Å². The molecule has 13 heteroatoms. The maximum absolute atomic E-state index is 12.3. The summed E-state index contributed by atoms with van der Waals surface area (Å²) in [6.45, 7) is 2.90. The number of aliphatic hydroxyl groups excluding tert-OH is 1. The zero-order chi connectivity index (χ0) is 22.7. The standard InChI is InChI=1S/C16H29N5O7S/c1-7(2)3-8(17)13(24)21-11(6-29)15(26)20-10(5-22)14(25)19-9(16(27)28)4-12(18)23/h7-11,22,29H,3-6,17H2,1-2H3,(H2,18,23)(H,19,25)(H,20,26)(H,21,24)(H,27,28). The molecule has 12 nitrogen and oxygen atoms in total. The number of nitrogens with one attached hydrogen (secondary N) is 3. The molecule has 0 aromatic rings. The molecule has 0 fully saturated rings. The Morgan fingerprint density at radius 1 is 0.931 bits per heavy atom. The summed E-state index contributed by atoms with van der Waals surface area (Å²) in [7, 11) is 0. The van der Waals surface area contributed by atoms with Gasteiger partial charge in [0.1, 0.15) is 18.1 Å². The topological polar surface area (TPSA) is 214 Å². The van der Waals surface area contributed by atoms with Gasteiger partial charge < -0.3 is 37.6 Å². The molecule has 4 atom stereocenters. The van der Waals surface area contributed by atoms with E-state index in [1.807, 2.05) is 19.2 Å². The number of thiol groups is 1. The van der Waals surface area contributed by atoms with Crippen LogP contribution in [0.4, 0.5) is 0 Å². The highest BCUT2D eigenvalue weighted by Crippen LogP contribution is 2.03. The predicted octanol–water partition coefficient (Wildman–Crippen LogP) is -3.30. The van der Waals surface area contributed by atoms with Gasteiger partial charge in [0.05, 0.1) is 19.1 Å². The molecule has 29 heavy (non-hydrogen) atoms. The third kappa shape index (κ3) is 10.1. The minimum absolute atomic E-state index is 0.120. The summed E-state index contributed by atoms with van der Waals surface area (Å²) in [5, 5.41) is 25.0. The number of carboxylic acids is 1. The van der Waals surface area contributed by atoms with Crippen molar-refractivity contribution in [1.29, 1.82) is 0 Å². The third-order valence-electron chi connectivity index (χ3n) is 3.71. The van der Waals surface area contributed by atoms with E-state index >= 15 is 0 Å². The number of aliphatic hydroxyl groups is 1. The Balaban J connectivity index is 5.00. The van der Waals surface area contributed by atoms with Gasteiger partial charge in [0.2, 0.25) is 23.6 Å². The Labute approximate surface area is 173 Å². The van der Waals surface area contributed by atoms with Gasteiger partial charge in [-0.1, -0.05) is 13.8 Å². The van der Waals surface area contributed by atoms with Crippen LogP contribution in [0.25, 0.3) is 0 Å². The average Bonchev–Trinajstić information content (AvgIpc) is 2.61. The number of primary amides is 1. The highest BCUT2D eigenvalue weighted by molar-refractivity contribution is 7.80. The van der Waals surface area contributed by atoms with Gasteiger partial charge in [0, 0.05) is 5.75 Å². The third-order valence-corrected chi connectivity index (χ3v) is 4.08. The summed E-state index contributed by atoms with van der Waals surface area (Å²) in [4.78, 5) is 58.5.